The van der Waals surface area contributed by atoms with Gasteiger partial charge in [-0.05, 0) is 32.9 Å². The Labute approximate surface area is 130 Å². The van der Waals surface area contributed by atoms with Crippen LogP contribution >= 0.6 is 0 Å². The van der Waals surface area contributed by atoms with Gasteiger partial charge in [-0.1, -0.05) is 0 Å². The number of carboxylic acid groups (broad SMARTS) is 2. The minimum atomic E-state index is -1.00. The Hall–Kier alpha value is -2.31. The summed E-state index contributed by atoms with van der Waals surface area (Å²) in [5, 5.41) is 18.0. The normalized spacial score (nSPS) is 11.8. The van der Waals surface area contributed by atoms with Crippen molar-refractivity contribution in [3.8, 4) is 0 Å². The Morgan fingerprint density at radius 1 is 1.23 bits per heavy atom. The quantitative estimate of drug-likeness (QED) is 0.716. The number of anilines is 2. The molecular weight excluding hydrogens is 286 g/mol. The standard InChI is InChI=1S/C15H23N3O4/c1-4-17(5-2)13-7-6-12(10-16-13)18(9-8-14(19)20)11(3)15(21)22/h6-7,10-11H,4-5,8-9H2,1-3H3,(H,19,20)(H,21,22). The Bertz CT molecular complexity index is 500. The van der Waals surface area contributed by atoms with Crippen molar-refractivity contribution in [2.45, 2.75) is 33.2 Å². The third kappa shape index (κ3) is 4.61. The molecule has 0 fully saturated rings. The second kappa shape index (κ2) is 8.21. The van der Waals surface area contributed by atoms with Crippen LogP contribution in [-0.4, -0.2) is 52.8 Å². The van der Waals surface area contributed by atoms with Crippen LogP contribution in [0.3, 0.4) is 0 Å². The van der Waals surface area contributed by atoms with E-state index in [1.165, 1.54) is 11.8 Å². The molecule has 0 radical (unpaired) electrons. The number of aliphatic carboxylic acids is 2. The first-order valence-electron chi connectivity index (χ1n) is 7.32. The molecular formula is C15H23N3O4. The second-order valence-electron chi connectivity index (χ2n) is 4.90. The number of nitrogens with zero attached hydrogens (tertiary/aromatic N) is 3. The van der Waals surface area contributed by atoms with Crippen molar-refractivity contribution in [3.63, 3.8) is 0 Å². The predicted molar refractivity (Wildman–Crippen MR) is 84.5 cm³/mol. The molecule has 0 aromatic carbocycles. The van der Waals surface area contributed by atoms with E-state index in [0.29, 0.717) is 5.69 Å². The summed E-state index contributed by atoms with van der Waals surface area (Å²) in [4.78, 5) is 29.9. The Balaban J connectivity index is 2.98. The lowest BCUT2D eigenvalue weighted by Crippen LogP contribution is -2.40. The minimum Gasteiger partial charge on any atom is -0.481 e. The van der Waals surface area contributed by atoms with Crippen molar-refractivity contribution >= 4 is 23.4 Å². The molecule has 1 rings (SSSR count). The van der Waals surface area contributed by atoms with Crippen LogP contribution in [0, 0.1) is 0 Å². The zero-order valence-electron chi connectivity index (χ0n) is 13.2. The number of rotatable bonds is 9. The summed E-state index contributed by atoms with van der Waals surface area (Å²) in [6.07, 6.45) is 1.46. The Morgan fingerprint density at radius 2 is 1.86 bits per heavy atom. The van der Waals surface area contributed by atoms with E-state index in [2.05, 4.69) is 9.88 Å². The summed E-state index contributed by atoms with van der Waals surface area (Å²) in [5.41, 5.74) is 0.604. The second-order valence-corrected chi connectivity index (χ2v) is 4.90. The summed E-state index contributed by atoms with van der Waals surface area (Å²) < 4.78 is 0. The van der Waals surface area contributed by atoms with Crippen molar-refractivity contribution in [3.05, 3.63) is 18.3 Å². The Kier molecular flexibility index (Phi) is 6.62. The summed E-state index contributed by atoms with van der Waals surface area (Å²) in [7, 11) is 0. The summed E-state index contributed by atoms with van der Waals surface area (Å²) in [5.74, 6) is -1.15. The third-order valence-electron chi connectivity index (χ3n) is 3.54. The van der Waals surface area contributed by atoms with Crippen LogP contribution in [-0.2, 0) is 9.59 Å². The molecule has 0 spiro atoms. The molecule has 0 saturated carbocycles. The molecule has 7 nitrogen and oxygen atoms in total. The molecule has 0 aliphatic heterocycles. The maximum atomic E-state index is 11.2. The van der Waals surface area contributed by atoms with Gasteiger partial charge < -0.3 is 20.0 Å². The molecule has 7 heteroatoms. The van der Waals surface area contributed by atoms with Crippen LogP contribution in [0.4, 0.5) is 11.5 Å². The zero-order chi connectivity index (χ0) is 16.7. The fraction of sp³-hybridized carbons (Fsp3) is 0.533. The van der Waals surface area contributed by atoms with Gasteiger partial charge in [-0.25, -0.2) is 9.78 Å². The van der Waals surface area contributed by atoms with Crippen molar-refractivity contribution in [2.24, 2.45) is 0 Å². The van der Waals surface area contributed by atoms with E-state index in [4.69, 9.17) is 5.11 Å². The molecule has 122 valence electrons. The summed E-state index contributed by atoms with van der Waals surface area (Å²) in [6.45, 7) is 7.38. The van der Waals surface area contributed by atoms with Gasteiger partial charge in [0.05, 0.1) is 18.3 Å². The maximum Gasteiger partial charge on any atom is 0.326 e. The van der Waals surface area contributed by atoms with E-state index < -0.39 is 18.0 Å². The molecule has 1 atom stereocenters. The summed E-state index contributed by atoms with van der Waals surface area (Å²) in [6, 6.07) is 2.78. The van der Waals surface area contributed by atoms with Crippen LogP contribution in [0.2, 0.25) is 0 Å². The van der Waals surface area contributed by atoms with Gasteiger partial charge in [0.15, 0.2) is 0 Å². The van der Waals surface area contributed by atoms with E-state index in [1.807, 2.05) is 19.9 Å². The number of hydrogen-bond acceptors (Lipinski definition) is 5. The number of carbonyl (C=O) groups is 2. The van der Waals surface area contributed by atoms with E-state index >= 15 is 0 Å². The number of pyridine rings is 1. The van der Waals surface area contributed by atoms with Gasteiger partial charge in [0.1, 0.15) is 11.9 Å². The lowest BCUT2D eigenvalue weighted by Gasteiger charge is -2.28. The fourth-order valence-electron chi connectivity index (χ4n) is 2.18. The first-order chi connectivity index (χ1) is 10.4. The molecule has 0 aliphatic carbocycles. The molecule has 1 aromatic rings. The topological polar surface area (TPSA) is 94.0 Å². The summed E-state index contributed by atoms with van der Waals surface area (Å²) >= 11 is 0. The predicted octanol–water partition coefficient (Wildman–Crippen LogP) is 1.68. The van der Waals surface area contributed by atoms with Gasteiger partial charge in [-0.15, -0.1) is 0 Å². The lowest BCUT2D eigenvalue weighted by atomic mass is 10.2. The van der Waals surface area contributed by atoms with Crippen LogP contribution < -0.4 is 9.80 Å². The molecule has 0 bridgehead atoms. The molecule has 1 heterocycles. The van der Waals surface area contributed by atoms with E-state index in [1.54, 1.807) is 12.3 Å². The smallest absolute Gasteiger partial charge is 0.326 e. The number of hydrogen-bond donors (Lipinski definition) is 2. The van der Waals surface area contributed by atoms with Crippen LogP contribution in [0.1, 0.15) is 27.2 Å². The highest BCUT2D eigenvalue weighted by Gasteiger charge is 2.22. The molecule has 1 aromatic heterocycles. The highest BCUT2D eigenvalue weighted by atomic mass is 16.4. The first-order valence-corrected chi connectivity index (χ1v) is 7.32. The third-order valence-corrected chi connectivity index (χ3v) is 3.54. The average molecular weight is 309 g/mol. The van der Waals surface area contributed by atoms with E-state index in [9.17, 15) is 14.7 Å². The number of aromatic nitrogens is 1. The van der Waals surface area contributed by atoms with Gasteiger partial charge in [-0.2, -0.15) is 0 Å². The van der Waals surface area contributed by atoms with Gasteiger partial charge in [-0.3, -0.25) is 4.79 Å². The van der Waals surface area contributed by atoms with Crippen LogP contribution in [0.25, 0.3) is 0 Å². The van der Waals surface area contributed by atoms with Crippen molar-refractivity contribution < 1.29 is 19.8 Å². The molecule has 1 unspecified atom stereocenters. The molecule has 2 N–H and O–H groups in total. The highest BCUT2D eigenvalue weighted by molar-refractivity contribution is 5.78. The van der Waals surface area contributed by atoms with Gasteiger partial charge in [0.2, 0.25) is 0 Å². The fourth-order valence-corrected chi connectivity index (χ4v) is 2.18. The molecule has 0 amide bonds. The lowest BCUT2D eigenvalue weighted by molar-refractivity contribution is -0.139. The van der Waals surface area contributed by atoms with E-state index in [-0.39, 0.29) is 13.0 Å². The van der Waals surface area contributed by atoms with Gasteiger partial charge in [0, 0.05) is 19.6 Å². The largest absolute Gasteiger partial charge is 0.481 e. The molecule has 22 heavy (non-hydrogen) atoms. The monoisotopic (exact) mass is 309 g/mol. The van der Waals surface area contributed by atoms with Gasteiger partial charge in [0.25, 0.3) is 0 Å². The van der Waals surface area contributed by atoms with Gasteiger partial charge >= 0.3 is 11.9 Å². The average Bonchev–Trinajstić information content (AvgIpc) is 2.49. The van der Waals surface area contributed by atoms with Crippen molar-refractivity contribution in [2.75, 3.05) is 29.4 Å². The Morgan fingerprint density at radius 3 is 2.27 bits per heavy atom. The molecule has 0 aliphatic rings. The minimum absolute atomic E-state index is 0.120. The zero-order valence-corrected chi connectivity index (χ0v) is 13.2. The number of carboxylic acids is 2. The molecule has 0 saturated heterocycles. The SMILES string of the molecule is CCN(CC)c1ccc(N(CCC(=O)O)C(C)C(=O)O)cn1. The van der Waals surface area contributed by atoms with E-state index in [0.717, 1.165) is 18.9 Å². The van der Waals surface area contributed by atoms with Crippen molar-refractivity contribution in [1.82, 2.24) is 4.98 Å². The highest BCUT2D eigenvalue weighted by Crippen LogP contribution is 2.20. The van der Waals surface area contributed by atoms with Crippen LogP contribution in [0.15, 0.2) is 18.3 Å². The van der Waals surface area contributed by atoms with Crippen molar-refractivity contribution in [1.29, 1.82) is 0 Å². The van der Waals surface area contributed by atoms with Crippen LogP contribution in [0.5, 0.6) is 0 Å². The first kappa shape index (κ1) is 17.7. The maximum absolute atomic E-state index is 11.2.